The average Bonchev–Trinajstić information content (AvgIpc) is 3.30. The van der Waals surface area contributed by atoms with Gasteiger partial charge in [0.1, 0.15) is 6.61 Å². The number of rotatable bonds is 47. The number of hydrogen-bond acceptors (Lipinski definition) is 5. The maximum absolute atomic E-state index is 12.2. The highest BCUT2D eigenvalue weighted by Crippen LogP contribution is 2.15. The lowest BCUT2D eigenvalue weighted by atomic mass is 10.0. The Hall–Kier alpha value is -3.44. The smallest absolute Gasteiger partial charge is 0.306 e. The van der Waals surface area contributed by atoms with Crippen LogP contribution in [-0.4, -0.2) is 36.4 Å². The molecule has 0 saturated carbocycles. The van der Waals surface area contributed by atoms with Gasteiger partial charge in [0, 0.05) is 12.8 Å². The van der Waals surface area contributed by atoms with Crippen LogP contribution < -0.4 is 0 Å². The lowest BCUT2D eigenvalue weighted by molar-refractivity contribution is -0.161. The molecule has 0 aliphatic carbocycles. The molecule has 0 amide bonds. The summed E-state index contributed by atoms with van der Waals surface area (Å²) in [7, 11) is 0. The fourth-order valence-corrected chi connectivity index (χ4v) is 7.10. The van der Waals surface area contributed by atoms with E-state index in [2.05, 4.69) is 123 Å². The average molecular weight is 887 g/mol. The molecule has 0 aliphatic rings. The molecule has 5 heteroatoms. The van der Waals surface area contributed by atoms with E-state index in [0.29, 0.717) is 12.8 Å². The van der Waals surface area contributed by atoms with Crippen LogP contribution in [0.25, 0.3) is 0 Å². The SMILES string of the molecule is CC/C=C\C/C=C\C/C=C\C/C=C\C/C=C\C/C=C\C/C=C\CCCC(=O)OC(CO)COC(=O)CCCCCCCCCCCCCCCCC/C=C\C/C=C\CCCCCCC. The molecule has 0 heterocycles. The van der Waals surface area contributed by atoms with E-state index in [0.717, 1.165) is 77.0 Å². The van der Waals surface area contributed by atoms with E-state index in [1.165, 1.54) is 122 Å². The van der Waals surface area contributed by atoms with Crippen LogP contribution in [0.3, 0.4) is 0 Å². The first-order chi connectivity index (χ1) is 31.6. The summed E-state index contributed by atoms with van der Waals surface area (Å²) in [6.07, 6.45) is 77.6. The van der Waals surface area contributed by atoms with E-state index >= 15 is 0 Å². The zero-order valence-corrected chi connectivity index (χ0v) is 41.5. The van der Waals surface area contributed by atoms with Crippen LogP contribution in [0, 0.1) is 0 Å². The molecule has 0 rings (SSSR count). The number of carbonyl (C=O) groups excluding carboxylic acids is 2. The number of carbonyl (C=O) groups is 2. The summed E-state index contributed by atoms with van der Waals surface area (Å²) in [6, 6.07) is 0. The van der Waals surface area contributed by atoms with Gasteiger partial charge in [0.15, 0.2) is 6.10 Å². The first kappa shape index (κ1) is 60.6. The van der Waals surface area contributed by atoms with Gasteiger partial charge >= 0.3 is 11.9 Å². The normalized spacial score (nSPS) is 13.1. The molecule has 0 aromatic heterocycles. The molecule has 364 valence electrons. The summed E-state index contributed by atoms with van der Waals surface area (Å²) in [4.78, 5) is 24.5. The van der Waals surface area contributed by atoms with Gasteiger partial charge in [-0.05, 0) is 96.3 Å². The highest BCUT2D eigenvalue weighted by Gasteiger charge is 2.16. The highest BCUT2D eigenvalue weighted by atomic mass is 16.6. The number of aliphatic hydroxyl groups excluding tert-OH is 1. The minimum Gasteiger partial charge on any atom is -0.462 e. The van der Waals surface area contributed by atoms with Crippen molar-refractivity contribution in [2.45, 2.75) is 238 Å². The molecule has 64 heavy (non-hydrogen) atoms. The molecule has 0 radical (unpaired) electrons. The van der Waals surface area contributed by atoms with E-state index in [-0.39, 0.29) is 31.6 Å². The van der Waals surface area contributed by atoms with Crippen molar-refractivity contribution in [3.8, 4) is 0 Å². The quantitative estimate of drug-likeness (QED) is 0.0374. The standard InChI is InChI=1S/C59H98O5/c1-3-5-7-9-11-13-15-17-19-21-23-25-27-28-29-30-32-33-35-37-39-41-43-45-47-49-51-53-58(61)63-56-57(55-60)64-59(62)54-52-50-48-46-44-42-40-38-36-34-31-26-24-22-20-18-16-14-12-10-8-6-4-2/h6,8,12,14-15,17-18,20-21,23-24,26,34,36,40,42,46,48,57,60H,3-5,7,9-11,13,16,19,22,25,27-33,35,37-39,41,43-45,47,49-56H2,1-2H3/b8-6-,14-12-,17-15-,20-18-,23-21-,26-24-,36-34-,42-40-,48-46-. The Morgan fingerprint density at radius 2 is 0.688 bits per heavy atom. The van der Waals surface area contributed by atoms with E-state index in [9.17, 15) is 14.7 Å². The van der Waals surface area contributed by atoms with Gasteiger partial charge in [-0.25, -0.2) is 0 Å². The Morgan fingerprint density at radius 1 is 0.375 bits per heavy atom. The molecule has 1 N–H and O–H groups in total. The molecular weight excluding hydrogens is 789 g/mol. The summed E-state index contributed by atoms with van der Waals surface area (Å²) in [5.74, 6) is -0.663. The van der Waals surface area contributed by atoms with Crippen LogP contribution >= 0.6 is 0 Å². The van der Waals surface area contributed by atoms with Gasteiger partial charge in [0.05, 0.1) is 6.61 Å². The van der Waals surface area contributed by atoms with Gasteiger partial charge in [0.2, 0.25) is 0 Å². The third-order valence-corrected chi connectivity index (χ3v) is 11.1. The zero-order chi connectivity index (χ0) is 46.3. The number of esters is 2. The Balaban J connectivity index is 3.60. The van der Waals surface area contributed by atoms with E-state index in [1.807, 2.05) is 0 Å². The fourth-order valence-electron chi connectivity index (χ4n) is 7.10. The third kappa shape index (κ3) is 51.2. The molecule has 0 saturated heterocycles. The summed E-state index contributed by atoms with van der Waals surface area (Å²) < 4.78 is 10.6. The number of hydrogen-bond donors (Lipinski definition) is 1. The number of unbranched alkanes of at least 4 members (excludes halogenated alkanes) is 21. The lowest BCUT2D eigenvalue weighted by Gasteiger charge is -2.15. The summed E-state index contributed by atoms with van der Waals surface area (Å²) in [6.45, 7) is 3.97. The summed E-state index contributed by atoms with van der Waals surface area (Å²) >= 11 is 0. The molecule has 0 aromatic rings. The topological polar surface area (TPSA) is 72.8 Å². The van der Waals surface area contributed by atoms with Gasteiger partial charge in [-0.2, -0.15) is 0 Å². The van der Waals surface area contributed by atoms with Crippen molar-refractivity contribution >= 4 is 11.9 Å². The first-order valence-corrected chi connectivity index (χ1v) is 26.4. The van der Waals surface area contributed by atoms with Crippen molar-refractivity contribution in [1.29, 1.82) is 0 Å². The van der Waals surface area contributed by atoms with E-state index < -0.39 is 6.10 Å². The molecule has 1 atom stereocenters. The van der Waals surface area contributed by atoms with Crippen LogP contribution in [0.5, 0.6) is 0 Å². The molecule has 1 unspecified atom stereocenters. The Labute approximate surface area is 395 Å². The maximum Gasteiger partial charge on any atom is 0.306 e. The monoisotopic (exact) mass is 887 g/mol. The van der Waals surface area contributed by atoms with Crippen molar-refractivity contribution in [1.82, 2.24) is 0 Å². The molecule has 0 bridgehead atoms. The van der Waals surface area contributed by atoms with Crippen LogP contribution in [0.15, 0.2) is 109 Å². The van der Waals surface area contributed by atoms with E-state index in [4.69, 9.17) is 9.47 Å². The molecular formula is C59H98O5. The fraction of sp³-hybridized carbons (Fsp3) is 0.661. The van der Waals surface area contributed by atoms with E-state index in [1.54, 1.807) is 0 Å². The Morgan fingerprint density at radius 3 is 1.06 bits per heavy atom. The second-order valence-electron chi connectivity index (χ2n) is 17.2. The molecule has 5 nitrogen and oxygen atoms in total. The predicted molar refractivity (Wildman–Crippen MR) is 279 cm³/mol. The second-order valence-corrected chi connectivity index (χ2v) is 17.2. The van der Waals surface area contributed by atoms with Gasteiger partial charge in [-0.1, -0.05) is 232 Å². The van der Waals surface area contributed by atoms with Crippen molar-refractivity contribution in [2.24, 2.45) is 0 Å². The minimum atomic E-state index is -0.810. The molecule has 0 spiro atoms. The number of allylic oxidation sites excluding steroid dienone is 18. The van der Waals surface area contributed by atoms with Crippen LogP contribution in [-0.2, 0) is 19.1 Å². The Kier molecular flexibility index (Phi) is 51.0. The van der Waals surface area contributed by atoms with Gasteiger partial charge in [0.25, 0.3) is 0 Å². The Bertz CT molecular complexity index is 1280. The van der Waals surface area contributed by atoms with Crippen molar-refractivity contribution in [3.05, 3.63) is 109 Å². The van der Waals surface area contributed by atoms with Crippen LogP contribution in [0.4, 0.5) is 0 Å². The maximum atomic E-state index is 12.2. The molecule has 0 aromatic carbocycles. The lowest BCUT2D eigenvalue weighted by Crippen LogP contribution is -2.28. The number of aliphatic hydroxyl groups is 1. The van der Waals surface area contributed by atoms with Crippen molar-refractivity contribution in [2.75, 3.05) is 13.2 Å². The number of ether oxygens (including phenoxy) is 2. The largest absolute Gasteiger partial charge is 0.462 e. The van der Waals surface area contributed by atoms with Crippen LogP contribution in [0.1, 0.15) is 232 Å². The highest BCUT2D eigenvalue weighted by molar-refractivity contribution is 5.70. The third-order valence-electron chi connectivity index (χ3n) is 11.1. The van der Waals surface area contributed by atoms with Gasteiger partial charge < -0.3 is 14.6 Å². The second kappa shape index (κ2) is 53.9. The summed E-state index contributed by atoms with van der Waals surface area (Å²) in [5.41, 5.74) is 0. The van der Waals surface area contributed by atoms with Crippen molar-refractivity contribution in [3.63, 3.8) is 0 Å². The van der Waals surface area contributed by atoms with Crippen LogP contribution in [0.2, 0.25) is 0 Å². The summed E-state index contributed by atoms with van der Waals surface area (Å²) in [5, 5.41) is 9.63. The molecule has 0 fully saturated rings. The van der Waals surface area contributed by atoms with Gasteiger partial charge in [-0.15, -0.1) is 0 Å². The first-order valence-electron chi connectivity index (χ1n) is 26.4. The van der Waals surface area contributed by atoms with Crippen molar-refractivity contribution < 1.29 is 24.2 Å². The molecule has 0 aliphatic heterocycles. The predicted octanol–water partition coefficient (Wildman–Crippen LogP) is 17.7. The van der Waals surface area contributed by atoms with Gasteiger partial charge in [-0.3, -0.25) is 9.59 Å². The zero-order valence-electron chi connectivity index (χ0n) is 41.5. The minimum absolute atomic E-state index is 0.0947.